The third-order valence-electron chi connectivity index (χ3n) is 3.26. The van der Waals surface area contributed by atoms with Crippen molar-refractivity contribution in [2.45, 2.75) is 13.0 Å². The monoisotopic (exact) mass is 275 g/mol. The maximum Gasteiger partial charge on any atom is 0.344 e. The van der Waals surface area contributed by atoms with E-state index in [1.807, 2.05) is 13.1 Å². The maximum absolute atomic E-state index is 11.6. The second-order valence-electron chi connectivity index (χ2n) is 4.71. The number of nitrogens with zero attached hydrogens (tertiary/aromatic N) is 4. The molecule has 20 heavy (non-hydrogen) atoms. The first-order valence-electron chi connectivity index (χ1n) is 6.14. The Bertz CT molecular complexity index is 733. The zero-order chi connectivity index (χ0) is 14.3. The van der Waals surface area contributed by atoms with Crippen molar-refractivity contribution in [1.29, 1.82) is 0 Å². The molecule has 1 aliphatic rings. The second-order valence-corrected chi connectivity index (χ2v) is 4.71. The van der Waals surface area contributed by atoms with E-state index in [0.717, 1.165) is 29.0 Å². The summed E-state index contributed by atoms with van der Waals surface area (Å²) in [5.74, 6) is 0.154. The standard InChI is InChI=1S/C12H13N5O3/c1-16-3-2-7-4-8(5-13-11(7)16)10-14-12(20)17(15-10)6-9(18)19/h4-5H,2-3,6H2,1H3,(H,18,19)(H,14,15,20). The molecule has 0 atom stereocenters. The van der Waals surface area contributed by atoms with Crippen LogP contribution < -0.4 is 10.6 Å². The van der Waals surface area contributed by atoms with Crippen LogP contribution in [0.3, 0.4) is 0 Å². The number of anilines is 1. The van der Waals surface area contributed by atoms with Crippen molar-refractivity contribution in [3.8, 4) is 11.4 Å². The minimum Gasteiger partial charge on any atom is -0.480 e. The quantitative estimate of drug-likeness (QED) is 0.797. The summed E-state index contributed by atoms with van der Waals surface area (Å²) in [4.78, 5) is 31.2. The molecular formula is C12H13N5O3. The molecule has 2 aromatic heterocycles. The average Bonchev–Trinajstić information content (AvgIpc) is 2.94. The van der Waals surface area contributed by atoms with Gasteiger partial charge >= 0.3 is 11.7 Å². The maximum atomic E-state index is 11.6. The number of hydrogen-bond donors (Lipinski definition) is 2. The van der Waals surface area contributed by atoms with Crippen LogP contribution in [-0.4, -0.2) is 44.4 Å². The van der Waals surface area contributed by atoms with Gasteiger partial charge in [-0.15, -0.1) is 5.10 Å². The van der Waals surface area contributed by atoms with Gasteiger partial charge in [0.25, 0.3) is 0 Å². The fourth-order valence-corrected chi connectivity index (χ4v) is 2.28. The lowest BCUT2D eigenvalue weighted by Crippen LogP contribution is -2.22. The molecule has 1 aliphatic heterocycles. The molecule has 0 spiro atoms. The Morgan fingerprint density at radius 3 is 3.10 bits per heavy atom. The fraction of sp³-hybridized carbons (Fsp3) is 0.333. The van der Waals surface area contributed by atoms with E-state index in [-0.39, 0.29) is 0 Å². The normalized spacial score (nSPS) is 13.6. The van der Waals surface area contributed by atoms with Gasteiger partial charge in [0.1, 0.15) is 12.4 Å². The smallest absolute Gasteiger partial charge is 0.344 e. The van der Waals surface area contributed by atoms with Gasteiger partial charge in [-0.1, -0.05) is 0 Å². The zero-order valence-electron chi connectivity index (χ0n) is 10.8. The number of hydrogen-bond acceptors (Lipinski definition) is 5. The molecule has 8 nitrogen and oxygen atoms in total. The van der Waals surface area contributed by atoms with Crippen molar-refractivity contribution in [2.24, 2.45) is 0 Å². The topological polar surface area (TPSA) is 104 Å². The Morgan fingerprint density at radius 1 is 1.55 bits per heavy atom. The largest absolute Gasteiger partial charge is 0.480 e. The van der Waals surface area contributed by atoms with Crippen LogP contribution in [-0.2, 0) is 17.8 Å². The lowest BCUT2D eigenvalue weighted by Gasteiger charge is -2.09. The molecule has 2 aromatic rings. The predicted molar refractivity (Wildman–Crippen MR) is 70.7 cm³/mol. The Balaban J connectivity index is 1.98. The average molecular weight is 275 g/mol. The van der Waals surface area contributed by atoms with Crippen LogP contribution in [0.15, 0.2) is 17.1 Å². The van der Waals surface area contributed by atoms with Gasteiger partial charge < -0.3 is 10.0 Å². The Labute approximate surface area is 113 Å². The highest BCUT2D eigenvalue weighted by Gasteiger charge is 2.19. The van der Waals surface area contributed by atoms with Crippen molar-refractivity contribution in [3.63, 3.8) is 0 Å². The van der Waals surface area contributed by atoms with Gasteiger partial charge in [-0.25, -0.2) is 14.5 Å². The Hall–Kier alpha value is -2.64. The van der Waals surface area contributed by atoms with E-state index in [4.69, 9.17) is 5.11 Å². The molecule has 0 amide bonds. The summed E-state index contributed by atoms with van der Waals surface area (Å²) in [6.07, 6.45) is 2.52. The SMILES string of the molecule is CN1CCc2cc(-c3nn(CC(=O)O)c(=O)[nH]3)cnc21. The van der Waals surface area contributed by atoms with E-state index in [1.165, 1.54) is 0 Å². The second kappa shape index (κ2) is 4.48. The number of rotatable bonds is 3. The van der Waals surface area contributed by atoms with E-state index < -0.39 is 18.2 Å². The van der Waals surface area contributed by atoms with Crippen LogP contribution in [0.2, 0.25) is 0 Å². The zero-order valence-corrected chi connectivity index (χ0v) is 10.8. The van der Waals surface area contributed by atoms with E-state index in [9.17, 15) is 9.59 Å². The molecule has 0 unspecified atom stereocenters. The molecule has 8 heteroatoms. The number of likely N-dealkylation sites (N-methyl/N-ethyl adjacent to an activating group) is 1. The molecule has 3 heterocycles. The van der Waals surface area contributed by atoms with E-state index in [0.29, 0.717) is 11.4 Å². The molecule has 3 rings (SSSR count). The molecule has 0 saturated carbocycles. The fourth-order valence-electron chi connectivity index (χ4n) is 2.28. The van der Waals surface area contributed by atoms with Gasteiger partial charge in [-0.3, -0.25) is 9.78 Å². The van der Waals surface area contributed by atoms with Gasteiger partial charge in [0.05, 0.1) is 0 Å². The Morgan fingerprint density at radius 2 is 2.35 bits per heavy atom. The number of H-pyrrole nitrogens is 1. The molecule has 0 aromatic carbocycles. The number of carbonyl (C=O) groups is 1. The molecule has 0 saturated heterocycles. The number of carboxylic acids is 1. The van der Waals surface area contributed by atoms with Crippen molar-refractivity contribution in [1.82, 2.24) is 19.7 Å². The van der Waals surface area contributed by atoms with Crippen LogP contribution in [0.1, 0.15) is 5.56 Å². The third-order valence-corrected chi connectivity index (χ3v) is 3.26. The van der Waals surface area contributed by atoms with Gasteiger partial charge in [0, 0.05) is 25.4 Å². The highest BCUT2D eigenvalue weighted by Crippen LogP contribution is 2.27. The van der Waals surface area contributed by atoms with Gasteiger partial charge in [-0.05, 0) is 18.1 Å². The number of fused-ring (bicyclic) bond motifs is 1. The van der Waals surface area contributed by atoms with Crippen LogP contribution in [0.4, 0.5) is 5.82 Å². The number of carboxylic acid groups (broad SMARTS) is 1. The van der Waals surface area contributed by atoms with Gasteiger partial charge in [-0.2, -0.15) is 0 Å². The number of aromatic nitrogens is 4. The van der Waals surface area contributed by atoms with Crippen LogP contribution >= 0.6 is 0 Å². The molecule has 0 aliphatic carbocycles. The van der Waals surface area contributed by atoms with Gasteiger partial charge in [0.15, 0.2) is 5.82 Å². The van der Waals surface area contributed by atoms with Crippen LogP contribution in [0.5, 0.6) is 0 Å². The summed E-state index contributed by atoms with van der Waals surface area (Å²) in [5, 5.41) is 12.7. The summed E-state index contributed by atoms with van der Waals surface area (Å²) >= 11 is 0. The van der Waals surface area contributed by atoms with Crippen molar-refractivity contribution < 1.29 is 9.90 Å². The molecule has 0 fully saturated rings. The van der Waals surface area contributed by atoms with Crippen molar-refractivity contribution in [2.75, 3.05) is 18.5 Å². The molecular weight excluding hydrogens is 262 g/mol. The lowest BCUT2D eigenvalue weighted by atomic mass is 10.1. The number of aliphatic carboxylic acids is 1. The van der Waals surface area contributed by atoms with Crippen LogP contribution in [0.25, 0.3) is 11.4 Å². The first-order chi connectivity index (χ1) is 9.54. The minimum absolute atomic E-state index is 0.334. The highest BCUT2D eigenvalue weighted by molar-refractivity contribution is 5.66. The third kappa shape index (κ3) is 2.04. The Kier molecular flexibility index (Phi) is 2.78. The summed E-state index contributed by atoms with van der Waals surface area (Å²) in [7, 11) is 1.97. The van der Waals surface area contributed by atoms with Crippen LogP contribution in [0, 0.1) is 0 Å². The highest BCUT2D eigenvalue weighted by atomic mass is 16.4. The summed E-state index contributed by atoms with van der Waals surface area (Å²) in [6.45, 7) is 0.451. The van der Waals surface area contributed by atoms with Gasteiger partial charge in [0.2, 0.25) is 0 Å². The molecule has 104 valence electrons. The molecule has 0 radical (unpaired) electrons. The summed E-state index contributed by atoms with van der Waals surface area (Å²) < 4.78 is 0.886. The van der Waals surface area contributed by atoms with Crippen molar-refractivity contribution in [3.05, 3.63) is 28.3 Å². The first kappa shape index (κ1) is 12.4. The predicted octanol–water partition coefficient (Wildman–Crippen LogP) is -0.290. The molecule has 0 bridgehead atoms. The van der Waals surface area contributed by atoms with E-state index in [1.54, 1.807) is 6.20 Å². The van der Waals surface area contributed by atoms with Crippen molar-refractivity contribution >= 4 is 11.8 Å². The number of nitrogens with one attached hydrogen (secondary N) is 1. The number of aromatic amines is 1. The summed E-state index contributed by atoms with van der Waals surface area (Å²) in [5.41, 5.74) is 1.24. The van der Waals surface area contributed by atoms with E-state index >= 15 is 0 Å². The number of pyridine rings is 1. The summed E-state index contributed by atoms with van der Waals surface area (Å²) in [6, 6.07) is 1.93. The first-order valence-corrected chi connectivity index (χ1v) is 6.14. The molecule has 2 N–H and O–H groups in total. The van der Waals surface area contributed by atoms with E-state index in [2.05, 4.69) is 20.0 Å². The minimum atomic E-state index is -1.11. The lowest BCUT2D eigenvalue weighted by molar-refractivity contribution is -0.137.